The van der Waals surface area contributed by atoms with E-state index in [2.05, 4.69) is 0 Å². The Kier molecular flexibility index (Phi) is 6.38. The van der Waals surface area contributed by atoms with Gasteiger partial charge in [-0.15, -0.1) is 0 Å². The summed E-state index contributed by atoms with van der Waals surface area (Å²) < 4.78 is 33.3. The Bertz CT molecular complexity index is 1390. The molecule has 35 heavy (non-hydrogen) atoms. The van der Waals surface area contributed by atoms with Gasteiger partial charge in [-0.2, -0.15) is 0 Å². The molecule has 0 fully saturated rings. The van der Waals surface area contributed by atoms with Crippen molar-refractivity contribution in [2.24, 2.45) is 0 Å². The van der Waals surface area contributed by atoms with Crippen molar-refractivity contribution in [2.45, 2.75) is 51.9 Å². The second-order valence-corrected chi connectivity index (χ2v) is 8.53. The molecule has 0 radical (unpaired) electrons. The molecule has 3 unspecified atom stereocenters. The fourth-order valence-corrected chi connectivity index (χ4v) is 4.11. The van der Waals surface area contributed by atoms with Crippen molar-refractivity contribution in [3.63, 3.8) is 0 Å². The normalized spacial score (nSPS) is 18.0. The number of carbonyl (C=O) groups is 3. The van der Waals surface area contributed by atoms with Crippen molar-refractivity contribution in [1.82, 2.24) is 0 Å². The molecule has 10 heteroatoms. The molecule has 4 rings (SSSR count). The molecule has 3 aromatic rings. The number of hydrogen-bond donors (Lipinski definition) is 0. The summed E-state index contributed by atoms with van der Waals surface area (Å²) in [5.74, 6) is -1.61. The number of fused-ring (bicyclic) bond motifs is 2. The van der Waals surface area contributed by atoms with Gasteiger partial charge in [0.1, 0.15) is 12.7 Å². The lowest BCUT2D eigenvalue weighted by molar-refractivity contribution is -0.189. The van der Waals surface area contributed by atoms with Gasteiger partial charge in [-0.1, -0.05) is 0 Å². The van der Waals surface area contributed by atoms with E-state index >= 15 is 0 Å². The summed E-state index contributed by atoms with van der Waals surface area (Å²) in [5.41, 5.74) is -1.12. The smallest absolute Gasteiger partial charge is 0.336 e. The van der Waals surface area contributed by atoms with Gasteiger partial charge in [0.05, 0.1) is 6.26 Å². The first-order chi connectivity index (χ1) is 16.6. The van der Waals surface area contributed by atoms with E-state index in [9.17, 15) is 19.2 Å². The largest absolute Gasteiger partial charge is 0.482 e. The van der Waals surface area contributed by atoms with Crippen LogP contribution in [0.25, 0.3) is 21.9 Å². The van der Waals surface area contributed by atoms with Crippen molar-refractivity contribution < 1.29 is 42.2 Å². The van der Waals surface area contributed by atoms with E-state index in [4.69, 9.17) is 27.8 Å². The van der Waals surface area contributed by atoms with Crippen LogP contribution in [-0.4, -0.2) is 42.3 Å². The zero-order chi connectivity index (χ0) is 25.3. The molecule has 0 aliphatic carbocycles. The van der Waals surface area contributed by atoms with E-state index in [-0.39, 0.29) is 24.4 Å². The lowest BCUT2D eigenvalue weighted by Gasteiger charge is -2.37. The Balaban J connectivity index is 1.70. The SMILES string of the molecule is CC(=O)OC(COc1c2occc2cc2ccc(=O)oc12)C(C)(CC1C=C(C)C(=O)O1)OC(C)=O. The highest BCUT2D eigenvalue weighted by Gasteiger charge is 2.44. The first-order valence-corrected chi connectivity index (χ1v) is 10.9. The molecule has 0 saturated carbocycles. The second kappa shape index (κ2) is 9.28. The van der Waals surface area contributed by atoms with Gasteiger partial charge in [0.15, 0.2) is 22.9 Å². The van der Waals surface area contributed by atoms with Gasteiger partial charge in [-0.25, -0.2) is 9.59 Å². The molecule has 1 aliphatic rings. The lowest BCUT2D eigenvalue weighted by atomic mass is 9.91. The second-order valence-electron chi connectivity index (χ2n) is 8.53. The third kappa shape index (κ3) is 5.06. The first-order valence-electron chi connectivity index (χ1n) is 10.9. The van der Waals surface area contributed by atoms with Gasteiger partial charge >= 0.3 is 23.5 Å². The molecule has 0 bridgehead atoms. The summed E-state index contributed by atoms with van der Waals surface area (Å²) in [6.45, 7) is 5.31. The van der Waals surface area contributed by atoms with Gasteiger partial charge in [-0.05, 0) is 38.1 Å². The molecule has 10 nitrogen and oxygen atoms in total. The molecule has 1 aliphatic heterocycles. The van der Waals surface area contributed by atoms with Gasteiger partial charge in [-0.3, -0.25) is 9.59 Å². The molecule has 2 aromatic heterocycles. The van der Waals surface area contributed by atoms with Crippen LogP contribution in [0.1, 0.15) is 34.1 Å². The quantitative estimate of drug-likeness (QED) is 0.266. The fourth-order valence-electron chi connectivity index (χ4n) is 4.11. The molecule has 184 valence electrons. The molecule has 3 atom stereocenters. The molecular weight excluding hydrogens is 460 g/mol. The maximum atomic E-state index is 12.0. The topological polar surface area (TPSA) is 131 Å². The van der Waals surface area contributed by atoms with Crippen molar-refractivity contribution >= 4 is 39.8 Å². The summed E-state index contributed by atoms with van der Waals surface area (Å²) >= 11 is 0. The zero-order valence-electron chi connectivity index (χ0n) is 19.6. The minimum atomic E-state index is -1.43. The summed E-state index contributed by atoms with van der Waals surface area (Å²) in [6, 6.07) is 6.38. The van der Waals surface area contributed by atoms with Gasteiger partial charge in [0, 0.05) is 42.7 Å². The predicted octanol–water partition coefficient (Wildman–Crippen LogP) is 3.43. The van der Waals surface area contributed by atoms with E-state index in [0.717, 1.165) is 0 Å². The molecule has 0 N–H and O–H groups in total. The van der Waals surface area contributed by atoms with E-state index < -0.39 is 41.3 Å². The monoisotopic (exact) mass is 484 g/mol. The highest BCUT2D eigenvalue weighted by atomic mass is 16.6. The minimum absolute atomic E-state index is 0.0117. The number of rotatable bonds is 8. The van der Waals surface area contributed by atoms with Gasteiger partial charge in [0.2, 0.25) is 5.75 Å². The third-order valence-electron chi connectivity index (χ3n) is 5.65. The molecule has 3 heterocycles. The molecular formula is C25H24O10. The summed E-state index contributed by atoms with van der Waals surface area (Å²) in [7, 11) is 0. The number of cyclic esters (lactones) is 1. The maximum Gasteiger partial charge on any atom is 0.336 e. The summed E-state index contributed by atoms with van der Waals surface area (Å²) in [4.78, 5) is 47.7. The van der Waals surface area contributed by atoms with Crippen LogP contribution >= 0.6 is 0 Å². The van der Waals surface area contributed by atoms with Crippen LogP contribution in [0.15, 0.2) is 55.8 Å². The standard InChI is InChI=1S/C25H24O10/c1-13-9-18(33-24(13)29)11-25(4,35-15(3)27)19(32-14(2)26)12-31-23-21-17(7-8-30-21)10-16-5-6-20(28)34-22(16)23/h5-10,18-19H,11-12H2,1-4H3. The highest BCUT2D eigenvalue weighted by molar-refractivity contribution is 6.00. The van der Waals surface area contributed by atoms with Crippen LogP contribution in [0.3, 0.4) is 0 Å². The van der Waals surface area contributed by atoms with E-state index in [0.29, 0.717) is 21.9 Å². The molecule has 1 aromatic carbocycles. The van der Waals surface area contributed by atoms with E-state index in [1.807, 2.05) is 0 Å². The average Bonchev–Trinajstić information content (AvgIpc) is 3.35. The lowest BCUT2D eigenvalue weighted by Crippen LogP contribution is -2.50. The van der Waals surface area contributed by atoms with Crippen LogP contribution in [0, 0.1) is 0 Å². The Morgan fingerprint density at radius 1 is 1.09 bits per heavy atom. The molecule has 0 amide bonds. The predicted molar refractivity (Wildman–Crippen MR) is 122 cm³/mol. The highest BCUT2D eigenvalue weighted by Crippen LogP contribution is 2.36. The number of furan rings is 1. The average molecular weight is 484 g/mol. The van der Waals surface area contributed by atoms with Crippen molar-refractivity contribution in [1.29, 1.82) is 0 Å². The van der Waals surface area contributed by atoms with Crippen LogP contribution in [0.5, 0.6) is 5.75 Å². The molecule has 0 spiro atoms. The molecule has 0 saturated heterocycles. The van der Waals surface area contributed by atoms with E-state index in [1.165, 1.54) is 26.2 Å². The number of ether oxygens (including phenoxy) is 4. The van der Waals surface area contributed by atoms with Crippen LogP contribution in [-0.2, 0) is 28.6 Å². The van der Waals surface area contributed by atoms with E-state index in [1.54, 1.807) is 38.1 Å². The van der Waals surface area contributed by atoms with Crippen LogP contribution in [0.4, 0.5) is 0 Å². The Morgan fingerprint density at radius 2 is 1.83 bits per heavy atom. The Morgan fingerprint density at radius 3 is 2.49 bits per heavy atom. The third-order valence-corrected chi connectivity index (χ3v) is 5.65. The number of carbonyl (C=O) groups excluding carboxylic acids is 3. The first kappa shape index (κ1) is 24.1. The summed E-state index contributed by atoms with van der Waals surface area (Å²) in [6.07, 6.45) is 1.27. The van der Waals surface area contributed by atoms with Crippen molar-refractivity contribution in [3.05, 3.63) is 52.6 Å². The summed E-state index contributed by atoms with van der Waals surface area (Å²) in [5, 5.41) is 1.30. The number of hydrogen-bond acceptors (Lipinski definition) is 10. The van der Waals surface area contributed by atoms with Crippen molar-refractivity contribution in [3.8, 4) is 5.75 Å². The number of esters is 3. The van der Waals surface area contributed by atoms with Gasteiger partial charge in [0.25, 0.3) is 0 Å². The zero-order valence-corrected chi connectivity index (χ0v) is 19.6. The number of benzene rings is 1. The Hall–Kier alpha value is -4.08. The fraction of sp³-hybridized carbons (Fsp3) is 0.360. The minimum Gasteiger partial charge on any atom is -0.482 e. The van der Waals surface area contributed by atoms with Crippen LogP contribution < -0.4 is 10.4 Å². The van der Waals surface area contributed by atoms with Gasteiger partial charge < -0.3 is 27.8 Å². The Labute approximate surface area is 199 Å². The van der Waals surface area contributed by atoms with Crippen molar-refractivity contribution in [2.75, 3.05) is 6.61 Å². The van der Waals surface area contributed by atoms with Crippen LogP contribution in [0.2, 0.25) is 0 Å². The maximum absolute atomic E-state index is 12.0.